The molecule has 2 fully saturated rings. The van der Waals surface area contributed by atoms with Crippen LogP contribution in [-0.4, -0.2) is 63.0 Å². The molecule has 2 N–H and O–H groups in total. The third kappa shape index (κ3) is 3.84. The van der Waals surface area contributed by atoms with E-state index in [2.05, 4.69) is 5.32 Å². The quantitative estimate of drug-likeness (QED) is 0.733. The fraction of sp³-hybridized carbons (Fsp3) is 0.500. The molecule has 2 aliphatic heterocycles. The van der Waals surface area contributed by atoms with E-state index in [1.54, 1.807) is 0 Å². The summed E-state index contributed by atoms with van der Waals surface area (Å²) in [5, 5.41) is 10.2. The van der Waals surface area contributed by atoms with Gasteiger partial charge in [0.15, 0.2) is 9.84 Å². The van der Waals surface area contributed by atoms with Gasteiger partial charge in [-0.05, 0) is 24.6 Å². The second-order valence-corrected chi connectivity index (χ2v) is 8.67. The van der Waals surface area contributed by atoms with Crippen LogP contribution in [0.1, 0.15) is 12.0 Å². The highest BCUT2D eigenvalue weighted by Gasteiger charge is 2.43. The average Bonchev–Trinajstić information content (AvgIpc) is 3.12. The molecule has 154 valence electrons. The number of carbonyl (C=O) groups excluding carboxylic acids is 1. The van der Waals surface area contributed by atoms with Crippen molar-refractivity contribution < 1.29 is 41.0 Å². The highest BCUT2D eigenvalue weighted by molar-refractivity contribution is 7.92. The van der Waals surface area contributed by atoms with E-state index in [-0.39, 0.29) is 38.4 Å². The first-order valence-electron chi connectivity index (χ1n) is 8.31. The lowest BCUT2D eigenvalue weighted by Gasteiger charge is -2.28. The number of benzene rings is 1. The van der Waals surface area contributed by atoms with Crippen molar-refractivity contribution in [3.05, 3.63) is 23.8 Å². The van der Waals surface area contributed by atoms with Gasteiger partial charge in [-0.3, -0.25) is 9.59 Å². The monoisotopic (exact) mass is 422 g/mol. The number of aliphatic carboxylic acids is 1. The number of hydrogen-bond donors (Lipinski definition) is 2. The van der Waals surface area contributed by atoms with Crippen LogP contribution in [0.4, 0.5) is 18.9 Å². The molecule has 3 rings (SSSR count). The summed E-state index contributed by atoms with van der Waals surface area (Å²) in [6.45, 7) is -0.335. The number of halogens is 3. The summed E-state index contributed by atoms with van der Waals surface area (Å²) >= 11 is 0. The summed E-state index contributed by atoms with van der Waals surface area (Å²) in [6.07, 6.45) is -5.31. The van der Waals surface area contributed by atoms with Crippen LogP contribution in [0.3, 0.4) is 0 Å². The Labute approximate surface area is 158 Å². The third-order valence-corrected chi connectivity index (χ3v) is 6.91. The fourth-order valence-corrected chi connectivity index (χ4v) is 5.11. The number of hydrogen-bond acceptors (Lipinski definition) is 6. The van der Waals surface area contributed by atoms with Gasteiger partial charge in [-0.15, -0.1) is 0 Å². The minimum atomic E-state index is -4.98. The number of carbonyl (C=O) groups is 2. The Kier molecular flexibility index (Phi) is 5.38. The molecule has 2 aliphatic rings. The van der Waals surface area contributed by atoms with Gasteiger partial charge in [0.2, 0.25) is 0 Å². The Morgan fingerprint density at radius 3 is 2.61 bits per heavy atom. The van der Waals surface area contributed by atoms with Gasteiger partial charge in [-0.2, -0.15) is 13.2 Å². The summed E-state index contributed by atoms with van der Waals surface area (Å²) in [7, 11) is -4.45. The zero-order chi connectivity index (χ0) is 20.7. The third-order valence-electron chi connectivity index (χ3n) is 4.70. The first kappa shape index (κ1) is 20.6. The summed E-state index contributed by atoms with van der Waals surface area (Å²) in [4.78, 5) is 23.1. The van der Waals surface area contributed by atoms with E-state index < -0.39 is 49.6 Å². The maximum atomic E-state index is 13.6. The number of nitrogens with one attached hydrogen (secondary N) is 1. The Morgan fingerprint density at radius 2 is 2.04 bits per heavy atom. The maximum absolute atomic E-state index is 13.6. The number of carboxylic acid groups (broad SMARTS) is 1. The van der Waals surface area contributed by atoms with E-state index >= 15 is 0 Å². The van der Waals surface area contributed by atoms with E-state index in [1.165, 1.54) is 0 Å². The number of morpholine rings is 1. The predicted octanol–water partition coefficient (Wildman–Crippen LogP) is 0.657. The molecule has 0 aromatic heterocycles. The van der Waals surface area contributed by atoms with Crippen LogP contribution in [0.15, 0.2) is 23.1 Å². The minimum absolute atomic E-state index is 0.0507. The zero-order valence-electron chi connectivity index (χ0n) is 14.4. The lowest BCUT2D eigenvalue weighted by atomic mass is 10.1. The summed E-state index contributed by atoms with van der Waals surface area (Å²) in [6, 6.07) is 1.46. The van der Waals surface area contributed by atoms with Gasteiger partial charge in [0.05, 0.1) is 22.3 Å². The lowest BCUT2D eigenvalue weighted by Crippen LogP contribution is -2.41. The van der Waals surface area contributed by atoms with Gasteiger partial charge >= 0.3 is 12.1 Å². The van der Waals surface area contributed by atoms with E-state index in [9.17, 15) is 31.2 Å². The van der Waals surface area contributed by atoms with Crippen LogP contribution in [0.25, 0.3) is 0 Å². The van der Waals surface area contributed by atoms with Crippen LogP contribution < -0.4 is 10.2 Å². The molecule has 2 atom stereocenters. The largest absolute Gasteiger partial charge is 0.480 e. The minimum Gasteiger partial charge on any atom is -0.480 e. The second-order valence-electron chi connectivity index (χ2n) is 6.48. The van der Waals surface area contributed by atoms with Crippen LogP contribution in [0.5, 0.6) is 0 Å². The molecule has 0 bridgehead atoms. The molecule has 0 spiro atoms. The number of sulfone groups is 1. The van der Waals surface area contributed by atoms with Gasteiger partial charge in [-0.1, -0.05) is 0 Å². The Morgan fingerprint density at radius 1 is 1.32 bits per heavy atom. The summed E-state index contributed by atoms with van der Waals surface area (Å²) < 4.78 is 71.4. The Balaban J connectivity index is 2.01. The van der Waals surface area contributed by atoms with Crippen molar-refractivity contribution in [2.24, 2.45) is 0 Å². The van der Waals surface area contributed by atoms with Gasteiger partial charge in [0.25, 0.3) is 5.91 Å². The van der Waals surface area contributed by atoms with Gasteiger partial charge in [0.1, 0.15) is 12.6 Å². The topological polar surface area (TPSA) is 113 Å². The highest BCUT2D eigenvalue weighted by Crippen LogP contribution is 2.39. The highest BCUT2D eigenvalue weighted by atomic mass is 32.2. The van der Waals surface area contributed by atoms with Crippen LogP contribution in [-0.2, 0) is 30.3 Å². The van der Waals surface area contributed by atoms with Crippen molar-refractivity contribution in [3.8, 4) is 0 Å². The number of nitrogens with zero attached hydrogens (tertiary/aromatic N) is 1. The van der Waals surface area contributed by atoms with Gasteiger partial charge in [-0.25, -0.2) is 8.42 Å². The van der Waals surface area contributed by atoms with Crippen molar-refractivity contribution in [1.82, 2.24) is 5.32 Å². The average molecular weight is 422 g/mol. The lowest BCUT2D eigenvalue weighted by molar-refractivity contribution is -0.140. The van der Waals surface area contributed by atoms with E-state index in [4.69, 9.17) is 9.84 Å². The molecule has 0 aliphatic carbocycles. The molecule has 2 heterocycles. The molecular weight excluding hydrogens is 405 g/mol. The van der Waals surface area contributed by atoms with Crippen molar-refractivity contribution in [2.45, 2.75) is 28.8 Å². The van der Waals surface area contributed by atoms with E-state index in [0.717, 1.165) is 17.0 Å². The van der Waals surface area contributed by atoms with E-state index in [0.29, 0.717) is 6.07 Å². The summed E-state index contributed by atoms with van der Waals surface area (Å²) in [5.74, 6) is -1.80. The zero-order valence-corrected chi connectivity index (χ0v) is 15.2. The van der Waals surface area contributed by atoms with Crippen LogP contribution in [0, 0.1) is 0 Å². The number of anilines is 1. The number of rotatable bonds is 4. The van der Waals surface area contributed by atoms with Crippen molar-refractivity contribution >= 4 is 27.4 Å². The van der Waals surface area contributed by atoms with Gasteiger partial charge in [0, 0.05) is 18.8 Å². The molecule has 0 radical (unpaired) electrons. The predicted molar refractivity (Wildman–Crippen MR) is 89.6 cm³/mol. The number of carboxylic acids is 1. The fourth-order valence-electron chi connectivity index (χ4n) is 3.25. The standard InChI is InChI=1S/C16H17F3N2O6S/c17-16(18,19)11-5-9(21-3-4-27-8-14(21)22)1-2-13(11)28(25,26)10-6-12(15(23)24)20-7-10/h1-2,5,10,12,20H,3-4,6-8H2,(H,23,24)/t10-,12+/m1/s1. The molecule has 2 saturated heterocycles. The number of alkyl halides is 3. The molecule has 0 saturated carbocycles. The first-order valence-corrected chi connectivity index (χ1v) is 9.86. The first-order chi connectivity index (χ1) is 13.0. The number of ether oxygens (including phenoxy) is 1. The van der Waals surface area contributed by atoms with Crippen LogP contribution in [0.2, 0.25) is 0 Å². The molecule has 1 amide bonds. The molecule has 1 aromatic carbocycles. The number of amides is 1. The van der Waals surface area contributed by atoms with Crippen molar-refractivity contribution in [3.63, 3.8) is 0 Å². The van der Waals surface area contributed by atoms with Crippen molar-refractivity contribution in [1.29, 1.82) is 0 Å². The van der Waals surface area contributed by atoms with Crippen LogP contribution >= 0.6 is 0 Å². The molecular formula is C16H17F3N2O6S. The maximum Gasteiger partial charge on any atom is 0.417 e. The van der Waals surface area contributed by atoms with E-state index in [1.807, 2.05) is 0 Å². The Bertz CT molecular complexity index is 902. The Hall–Kier alpha value is -2.18. The SMILES string of the molecule is O=C(O)[C@@H]1C[C@@H](S(=O)(=O)c2ccc(N3CCOCC3=O)cc2C(F)(F)F)CN1. The second kappa shape index (κ2) is 7.33. The van der Waals surface area contributed by atoms with Gasteiger partial charge < -0.3 is 20.1 Å². The normalized spacial score (nSPS) is 23.8. The molecule has 1 aromatic rings. The molecule has 28 heavy (non-hydrogen) atoms. The smallest absolute Gasteiger partial charge is 0.417 e. The van der Waals surface area contributed by atoms with Crippen molar-refractivity contribution in [2.75, 3.05) is 31.2 Å². The summed E-state index contributed by atoms with van der Waals surface area (Å²) in [5.41, 5.74) is -1.46. The molecule has 0 unspecified atom stereocenters. The molecule has 12 heteroatoms. The molecule has 8 nitrogen and oxygen atoms in total.